The Bertz CT molecular complexity index is 198. The van der Waals surface area contributed by atoms with Crippen molar-refractivity contribution in [2.75, 3.05) is 0 Å². The molecule has 1 nitrogen and oxygen atoms in total. The molecule has 0 bridgehead atoms. The third-order valence-electron chi connectivity index (χ3n) is 1.55. The Labute approximate surface area is 61.3 Å². The normalized spacial score (nSPS) is 10.3. The predicted octanol–water partition coefficient (Wildman–Crippen LogP) is 1.88. The third kappa shape index (κ3) is 1.50. The molecule has 10 heavy (non-hydrogen) atoms. The van der Waals surface area contributed by atoms with Crippen LogP contribution in [0, 0.1) is 0 Å². The van der Waals surface area contributed by atoms with E-state index >= 15 is 0 Å². The van der Waals surface area contributed by atoms with Gasteiger partial charge in [0.2, 0.25) is 0 Å². The second-order valence-electron chi connectivity index (χ2n) is 2.72. The van der Waals surface area contributed by atoms with E-state index in [-0.39, 0.29) is 5.75 Å². The molecule has 0 atom stereocenters. The highest BCUT2D eigenvalue weighted by molar-refractivity contribution is 5.26. The van der Waals surface area contributed by atoms with Gasteiger partial charge in [0.25, 0.3) is 0 Å². The Morgan fingerprint density at radius 2 is 1.60 bits per heavy atom. The molecule has 0 N–H and O–H groups in total. The van der Waals surface area contributed by atoms with Gasteiger partial charge in [-0.3, -0.25) is 0 Å². The van der Waals surface area contributed by atoms with Crippen LogP contribution in [0.4, 0.5) is 0 Å². The summed E-state index contributed by atoms with van der Waals surface area (Å²) in [5.74, 6) is 0.602. The quantitative estimate of drug-likeness (QED) is 0.576. The second-order valence-corrected chi connectivity index (χ2v) is 2.72. The molecule has 1 aromatic carbocycles. The molecule has 1 rings (SSSR count). The van der Waals surface area contributed by atoms with Crippen molar-refractivity contribution < 1.29 is 5.11 Å². The Morgan fingerprint density at radius 1 is 1.10 bits per heavy atom. The monoisotopic (exact) mass is 135 g/mol. The van der Waals surface area contributed by atoms with Gasteiger partial charge in [0.05, 0.1) is 0 Å². The highest BCUT2D eigenvalue weighted by Gasteiger charge is 1.94. The van der Waals surface area contributed by atoms with E-state index in [1.165, 1.54) is 5.56 Å². The lowest BCUT2D eigenvalue weighted by molar-refractivity contribution is -0.268. The summed E-state index contributed by atoms with van der Waals surface area (Å²) in [4.78, 5) is 0. The van der Waals surface area contributed by atoms with Crippen molar-refractivity contribution in [3.05, 3.63) is 29.8 Å². The summed E-state index contributed by atoms with van der Waals surface area (Å²) in [6, 6.07) is 6.98. The van der Waals surface area contributed by atoms with Crippen molar-refractivity contribution in [3.63, 3.8) is 0 Å². The molecule has 1 heteroatoms. The molecule has 0 saturated carbocycles. The standard InChI is InChI=1S/C9H12O/c1-7(2)8-3-5-9(10)6-4-8/h3-7,10H,1-2H3/p-1. The molecule has 0 radical (unpaired) electrons. The molecule has 0 saturated heterocycles. The molecular formula is C9H11O-. The van der Waals surface area contributed by atoms with E-state index in [0.717, 1.165) is 0 Å². The average Bonchev–Trinajstić information content (AvgIpc) is 1.88. The van der Waals surface area contributed by atoms with Gasteiger partial charge in [-0.05, 0) is 11.5 Å². The van der Waals surface area contributed by atoms with Gasteiger partial charge in [-0.15, -0.1) is 5.75 Å². The zero-order valence-electron chi connectivity index (χ0n) is 6.29. The maximum Gasteiger partial charge on any atom is -0.0219 e. The van der Waals surface area contributed by atoms with Gasteiger partial charge in [0, 0.05) is 0 Å². The molecule has 0 aromatic heterocycles. The Kier molecular flexibility index (Phi) is 1.95. The largest absolute Gasteiger partial charge is 0.872 e. The molecule has 54 valence electrons. The topological polar surface area (TPSA) is 23.1 Å². The maximum absolute atomic E-state index is 10.6. The van der Waals surface area contributed by atoms with Crippen molar-refractivity contribution in [3.8, 4) is 5.75 Å². The summed E-state index contributed by atoms with van der Waals surface area (Å²) in [7, 11) is 0. The van der Waals surface area contributed by atoms with Crippen LogP contribution in [0.25, 0.3) is 0 Å². The Morgan fingerprint density at radius 3 is 2.00 bits per heavy atom. The summed E-state index contributed by atoms with van der Waals surface area (Å²) in [5, 5.41) is 10.6. The smallest absolute Gasteiger partial charge is 0.0219 e. The van der Waals surface area contributed by atoms with Gasteiger partial charge in [-0.2, -0.15) is 0 Å². The minimum Gasteiger partial charge on any atom is -0.872 e. The lowest BCUT2D eigenvalue weighted by Gasteiger charge is -2.08. The van der Waals surface area contributed by atoms with E-state index in [2.05, 4.69) is 13.8 Å². The van der Waals surface area contributed by atoms with Crippen LogP contribution in [0.2, 0.25) is 0 Å². The van der Waals surface area contributed by atoms with Crippen LogP contribution in [0.15, 0.2) is 24.3 Å². The van der Waals surface area contributed by atoms with Crippen molar-refractivity contribution in [2.45, 2.75) is 19.8 Å². The number of benzene rings is 1. The number of hydrogen-bond donors (Lipinski definition) is 0. The molecule has 0 amide bonds. The van der Waals surface area contributed by atoms with Gasteiger partial charge in [0.1, 0.15) is 0 Å². The molecule has 1 aromatic rings. The van der Waals surface area contributed by atoms with E-state index in [1.807, 2.05) is 12.1 Å². The van der Waals surface area contributed by atoms with Crippen molar-refractivity contribution in [2.24, 2.45) is 0 Å². The SMILES string of the molecule is CC(C)c1ccc([O-])cc1. The maximum atomic E-state index is 10.6. The van der Waals surface area contributed by atoms with Crippen LogP contribution in [-0.4, -0.2) is 0 Å². The number of rotatable bonds is 1. The van der Waals surface area contributed by atoms with Crippen LogP contribution < -0.4 is 5.11 Å². The summed E-state index contributed by atoms with van der Waals surface area (Å²) in [6.45, 7) is 4.22. The lowest BCUT2D eigenvalue weighted by Crippen LogP contribution is -1.90. The molecule has 0 aliphatic heterocycles. The molecule has 0 fully saturated rings. The van der Waals surface area contributed by atoms with Crippen LogP contribution in [0.1, 0.15) is 25.3 Å². The average molecular weight is 135 g/mol. The van der Waals surface area contributed by atoms with E-state index < -0.39 is 0 Å². The van der Waals surface area contributed by atoms with Gasteiger partial charge in [-0.25, -0.2) is 0 Å². The van der Waals surface area contributed by atoms with Crippen LogP contribution in [0.5, 0.6) is 5.75 Å². The van der Waals surface area contributed by atoms with Crippen LogP contribution in [-0.2, 0) is 0 Å². The van der Waals surface area contributed by atoms with E-state index in [1.54, 1.807) is 12.1 Å². The summed E-state index contributed by atoms with van der Waals surface area (Å²) >= 11 is 0. The van der Waals surface area contributed by atoms with Gasteiger partial charge < -0.3 is 5.11 Å². The van der Waals surface area contributed by atoms with Crippen molar-refractivity contribution in [1.29, 1.82) is 0 Å². The molecule has 0 heterocycles. The van der Waals surface area contributed by atoms with E-state index in [9.17, 15) is 5.11 Å². The minimum absolute atomic E-state index is 0.0874. The van der Waals surface area contributed by atoms with Crippen LogP contribution in [0.3, 0.4) is 0 Å². The first-order chi connectivity index (χ1) is 4.70. The van der Waals surface area contributed by atoms with Gasteiger partial charge >= 0.3 is 0 Å². The fourth-order valence-electron chi connectivity index (χ4n) is 0.853. The van der Waals surface area contributed by atoms with Crippen molar-refractivity contribution >= 4 is 0 Å². The fraction of sp³-hybridized carbons (Fsp3) is 0.333. The van der Waals surface area contributed by atoms with Gasteiger partial charge in [-0.1, -0.05) is 38.1 Å². The second kappa shape index (κ2) is 2.74. The van der Waals surface area contributed by atoms with E-state index in [4.69, 9.17) is 0 Å². The zero-order chi connectivity index (χ0) is 7.56. The molecule has 0 aliphatic rings. The molecular weight excluding hydrogens is 124 g/mol. The highest BCUT2D eigenvalue weighted by atomic mass is 16.3. The first kappa shape index (κ1) is 7.13. The Balaban J connectivity index is 2.89. The van der Waals surface area contributed by atoms with Gasteiger partial charge in [0.15, 0.2) is 0 Å². The fourth-order valence-corrected chi connectivity index (χ4v) is 0.853. The predicted molar refractivity (Wildman–Crippen MR) is 40.0 cm³/mol. The first-order valence-corrected chi connectivity index (χ1v) is 3.47. The molecule has 0 aliphatic carbocycles. The first-order valence-electron chi connectivity index (χ1n) is 3.47. The minimum atomic E-state index is 0.0874. The summed E-state index contributed by atoms with van der Waals surface area (Å²) in [6.07, 6.45) is 0. The molecule has 0 unspecified atom stereocenters. The lowest BCUT2D eigenvalue weighted by atomic mass is 10.0. The van der Waals surface area contributed by atoms with Crippen LogP contribution >= 0.6 is 0 Å². The number of hydrogen-bond acceptors (Lipinski definition) is 1. The molecule has 0 spiro atoms. The van der Waals surface area contributed by atoms with E-state index in [0.29, 0.717) is 5.92 Å². The Hall–Kier alpha value is -0.980. The third-order valence-corrected chi connectivity index (χ3v) is 1.55. The summed E-state index contributed by atoms with van der Waals surface area (Å²) < 4.78 is 0. The zero-order valence-corrected chi connectivity index (χ0v) is 6.29. The summed E-state index contributed by atoms with van der Waals surface area (Å²) in [5.41, 5.74) is 1.22. The highest BCUT2D eigenvalue weighted by Crippen LogP contribution is 2.15. The van der Waals surface area contributed by atoms with Crippen molar-refractivity contribution in [1.82, 2.24) is 0 Å².